The van der Waals surface area contributed by atoms with Gasteiger partial charge in [0.15, 0.2) is 5.78 Å². The van der Waals surface area contributed by atoms with E-state index < -0.39 is 0 Å². The van der Waals surface area contributed by atoms with Gasteiger partial charge in [-0.15, -0.1) is 0 Å². The highest BCUT2D eigenvalue weighted by Crippen LogP contribution is 2.08. The summed E-state index contributed by atoms with van der Waals surface area (Å²) in [6, 6.07) is 7.63. The van der Waals surface area contributed by atoms with Crippen LogP contribution in [0.1, 0.15) is 10.4 Å². The summed E-state index contributed by atoms with van der Waals surface area (Å²) in [5.74, 6) is 0.128. The van der Waals surface area contributed by atoms with Crippen LogP contribution in [-0.2, 0) is 9.47 Å². The smallest absolute Gasteiger partial charge is 0.176 e. The Kier molecular flexibility index (Phi) is 8.20. The van der Waals surface area contributed by atoms with E-state index in [0.717, 1.165) is 22.2 Å². The molecule has 0 fully saturated rings. The fraction of sp³-hybridized carbons (Fsp3) is 0.500. The Morgan fingerprint density at radius 2 is 1.63 bits per heavy atom. The summed E-state index contributed by atoms with van der Waals surface area (Å²) >= 11 is 2.23. The number of halogens is 1. The molecule has 0 bridgehead atoms. The molecule has 0 unspecified atom stereocenters. The van der Waals surface area contributed by atoms with Gasteiger partial charge in [0.05, 0.1) is 19.8 Å². The van der Waals surface area contributed by atoms with Gasteiger partial charge in [-0.1, -0.05) is 12.1 Å². The fourth-order valence-electron chi connectivity index (χ4n) is 1.64. The Morgan fingerprint density at radius 1 is 1.11 bits per heavy atom. The first-order valence-corrected chi connectivity index (χ1v) is 7.24. The van der Waals surface area contributed by atoms with E-state index in [1.807, 2.05) is 29.2 Å². The summed E-state index contributed by atoms with van der Waals surface area (Å²) in [5, 5.41) is 0. The highest BCUT2D eigenvalue weighted by molar-refractivity contribution is 14.1. The summed E-state index contributed by atoms with van der Waals surface area (Å²) in [7, 11) is 3.32. The minimum absolute atomic E-state index is 0.128. The lowest BCUT2D eigenvalue weighted by Crippen LogP contribution is -2.35. The number of Topliss-reactive ketones (excluding diaryl/α,β-unsaturated/α-hetero) is 1. The molecule has 0 saturated heterocycles. The molecule has 0 saturated carbocycles. The van der Waals surface area contributed by atoms with Crippen molar-refractivity contribution < 1.29 is 14.3 Å². The summed E-state index contributed by atoms with van der Waals surface area (Å²) < 4.78 is 11.3. The van der Waals surface area contributed by atoms with Crippen molar-refractivity contribution in [2.45, 2.75) is 0 Å². The number of methoxy groups -OCH3 is 2. The summed E-state index contributed by atoms with van der Waals surface area (Å²) in [6.07, 6.45) is 0. The lowest BCUT2D eigenvalue weighted by atomic mass is 10.1. The number of carbonyl (C=O) groups is 1. The summed E-state index contributed by atoms with van der Waals surface area (Å²) in [4.78, 5) is 14.2. The third kappa shape index (κ3) is 6.47. The maximum atomic E-state index is 12.2. The van der Waals surface area contributed by atoms with Gasteiger partial charge in [-0.25, -0.2) is 0 Å². The van der Waals surface area contributed by atoms with E-state index in [4.69, 9.17) is 9.47 Å². The zero-order valence-corrected chi connectivity index (χ0v) is 13.6. The average Bonchev–Trinajstić information content (AvgIpc) is 2.42. The Balaban J connectivity index is 2.56. The van der Waals surface area contributed by atoms with Gasteiger partial charge in [0.1, 0.15) is 0 Å². The standard InChI is InChI=1S/C14H20INO3/c1-18-9-7-16(8-10-19-2)11-14(17)12-3-5-13(15)6-4-12/h3-6H,7-11H2,1-2H3. The van der Waals surface area contributed by atoms with Crippen molar-refractivity contribution in [2.24, 2.45) is 0 Å². The number of rotatable bonds is 9. The normalized spacial score (nSPS) is 10.9. The first-order valence-electron chi connectivity index (χ1n) is 6.16. The molecular weight excluding hydrogens is 357 g/mol. The van der Waals surface area contributed by atoms with E-state index in [-0.39, 0.29) is 5.78 Å². The SMILES string of the molecule is COCCN(CCOC)CC(=O)c1ccc(I)cc1. The Labute approximate surface area is 128 Å². The third-order valence-corrected chi connectivity index (χ3v) is 3.48. The molecule has 106 valence electrons. The molecule has 1 rings (SSSR count). The van der Waals surface area contributed by atoms with Crippen LogP contribution in [0.25, 0.3) is 0 Å². The molecule has 0 spiro atoms. The van der Waals surface area contributed by atoms with Crippen LogP contribution in [0, 0.1) is 3.57 Å². The lowest BCUT2D eigenvalue weighted by Gasteiger charge is -2.20. The second-order valence-electron chi connectivity index (χ2n) is 4.19. The van der Waals surface area contributed by atoms with E-state index in [1.54, 1.807) is 14.2 Å². The van der Waals surface area contributed by atoms with Gasteiger partial charge >= 0.3 is 0 Å². The Bertz CT molecular complexity index is 373. The predicted molar refractivity (Wildman–Crippen MR) is 83.7 cm³/mol. The molecule has 0 aliphatic rings. The fourth-order valence-corrected chi connectivity index (χ4v) is 2.00. The monoisotopic (exact) mass is 377 g/mol. The largest absolute Gasteiger partial charge is 0.383 e. The van der Waals surface area contributed by atoms with Crippen LogP contribution in [0.2, 0.25) is 0 Å². The van der Waals surface area contributed by atoms with Crippen molar-refractivity contribution >= 4 is 28.4 Å². The van der Waals surface area contributed by atoms with Crippen molar-refractivity contribution in [3.05, 3.63) is 33.4 Å². The molecular formula is C14H20INO3. The van der Waals surface area contributed by atoms with Gasteiger partial charge < -0.3 is 9.47 Å². The minimum Gasteiger partial charge on any atom is -0.383 e. The second kappa shape index (κ2) is 9.41. The number of nitrogens with zero attached hydrogens (tertiary/aromatic N) is 1. The molecule has 0 N–H and O–H groups in total. The van der Waals surface area contributed by atoms with Gasteiger partial charge in [0, 0.05) is 36.4 Å². The summed E-state index contributed by atoms with van der Waals surface area (Å²) in [5.41, 5.74) is 0.750. The van der Waals surface area contributed by atoms with Gasteiger partial charge in [-0.05, 0) is 34.7 Å². The highest BCUT2D eigenvalue weighted by Gasteiger charge is 2.12. The van der Waals surface area contributed by atoms with Gasteiger partial charge in [-0.3, -0.25) is 9.69 Å². The zero-order chi connectivity index (χ0) is 14.1. The number of hydrogen-bond acceptors (Lipinski definition) is 4. The minimum atomic E-state index is 0.128. The number of benzene rings is 1. The molecule has 0 aromatic heterocycles. The molecule has 1 aromatic rings. The molecule has 1 aromatic carbocycles. The van der Waals surface area contributed by atoms with Crippen LogP contribution in [0.15, 0.2) is 24.3 Å². The maximum Gasteiger partial charge on any atom is 0.176 e. The van der Waals surface area contributed by atoms with Crippen LogP contribution in [0.4, 0.5) is 0 Å². The molecule has 0 aliphatic heterocycles. The van der Waals surface area contributed by atoms with Crippen LogP contribution in [0.5, 0.6) is 0 Å². The maximum absolute atomic E-state index is 12.2. The third-order valence-electron chi connectivity index (χ3n) is 2.76. The van der Waals surface area contributed by atoms with E-state index in [0.29, 0.717) is 19.8 Å². The number of ether oxygens (including phenoxy) is 2. The second-order valence-corrected chi connectivity index (χ2v) is 5.44. The molecule has 5 heteroatoms. The molecule has 0 heterocycles. The zero-order valence-electron chi connectivity index (χ0n) is 11.4. The first-order chi connectivity index (χ1) is 9.17. The van der Waals surface area contributed by atoms with E-state index in [9.17, 15) is 4.79 Å². The van der Waals surface area contributed by atoms with Crippen LogP contribution in [-0.4, -0.2) is 57.8 Å². The predicted octanol–water partition coefficient (Wildman–Crippen LogP) is 2.07. The molecule has 19 heavy (non-hydrogen) atoms. The van der Waals surface area contributed by atoms with Gasteiger partial charge in [-0.2, -0.15) is 0 Å². The Morgan fingerprint density at radius 3 is 2.11 bits per heavy atom. The number of carbonyl (C=O) groups excluding carboxylic acids is 1. The van der Waals surface area contributed by atoms with Crippen molar-refractivity contribution in [2.75, 3.05) is 47.1 Å². The average molecular weight is 377 g/mol. The van der Waals surface area contributed by atoms with E-state index >= 15 is 0 Å². The van der Waals surface area contributed by atoms with Crippen LogP contribution in [0.3, 0.4) is 0 Å². The highest BCUT2D eigenvalue weighted by atomic mass is 127. The van der Waals surface area contributed by atoms with Crippen LogP contribution < -0.4 is 0 Å². The van der Waals surface area contributed by atoms with E-state index in [1.165, 1.54) is 0 Å². The van der Waals surface area contributed by atoms with Gasteiger partial charge in [0.2, 0.25) is 0 Å². The molecule has 0 radical (unpaired) electrons. The Hall–Kier alpha value is -0.500. The van der Waals surface area contributed by atoms with Crippen molar-refractivity contribution in [3.8, 4) is 0 Å². The molecule has 0 atom stereocenters. The molecule has 0 amide bonds. The van der Waals surface area contributed by atoms with Gasteiger partial charge in [0.25, 0.3) is 0 Å². The van der Waals surface area contributed by atoms with Crippen molar-refractivity contribution in [1.82, 2.24) is 4.90 Å². The first kappa shape index (κ1) is 16.6. The van der Waals surface area contributed by atoms with Crippen molar-refractivity contribution in [3.63, 3.8) is 0 Å². The topological polar surface area (TPSA) is 38.8 Å². The number of ketones is 1. The number of hydrogen-bond donors (Lipinski definition) is 0. The van der Waals surface area contributed by atoms with Crippen molar-refractivity contribution in [1.29, 1.82) is 0 Å². The molecule has 0 aliphatic carbocycles. The van der Waals surface area contributed by atoms with E-state index in [2.05, 4.69) is 22.6 Å². The summed E-state index contributed by atoms with van der Waals surface area (Å²) in [6.45, 7) is 3.09. The van der Waals surface area contributed by atoms with Crippen LogP contribution >= 0.6 is 22.6 Å². The quantitative estimate of drug-likeness (QED) is 0.488. The lowest BCUT2D eigenvalue weighted by molar-refractivity contribution is 0.0837. The molecule has 4 nitrogen and oxygen atoms in total.